The first-order valence-electron chi connectivity index (χ1n) is 6.66. The van der Waals surface area contributed by atoms with Crippen LogP contribution in [0, 0.1) is 0 Å². The number of hydrogen-bond donors (Lipinski definition) is 2. The molecule has 0 fully saturated rings. The van der Waals surface area contributed by atoms with Gasteiger partial charge in [-0.1, -0.05) is 24.3 Å². The largest absolute Gasteiger partial charge is 0.357 e. The molecule has 3 aromatic rings. The Kier molecular flexibility index (Phi) is 2.38. The van der Waals surface area contributed by atoms with Crippen molar-refractivity contribution in [3.8, 4) is 0 Å². The number of pyridine rings is 1. The predicted octanol–water partition coefficient (Wildman–Crippen LogP) is 2.80. The summed E-state index contributed by atoms with van der Waals surface area (Å²) in [5, 5.41) is 4.94. The SMILES string of the molecule is c1cncc([C@@H]2NCCc3c2[nH]c2ccccc32)c1. The summed E-state index contributed by atoms with van der Waals surface area (Å²) in [4.78, 5) is 7.81. The molecular formula is C16H15N3. The Hall–Kier alpha value is -2.13. The molecule has 1 aliphatic rings. The van der Waals surface area contributed by atoms with Crippen molar-refractivity contribution in [2.45, 2.75) is 12.5 Å². The molecule has 0 saturated carbocycles. The number of benzene rings is 1. The minimum atomic E-state index is 0.227. The van der Waals surface area contributed by atoms with Crippen LogP contribution in [0.2, 0.25) is 0 Å². The zero-order valence-electron chi connectivity index (χ0n) is 10.6. The van der Waals surface area contributed by atoms with Gasteiger partial charge in [0.1, 0.15) is 0 Å². The average Bonchev–Trinajstić information content (AvgIpc) is 2.87. The van der Waals surface area contributed by atoms with Crippen molar-refractivity contribution in [1.29, 1.82) is 0 Å². The number of aromatic nitrogens is 2. The molecule has 3 nitrogen and oxygen atoms in total. The fraction of sp³-hybridized carbons (Fsp3) is 0.188. The predicted molar refractivity (Wildman–Crippen MR) is 76.1 cm³/mol. The molecule has 94 valence electrons. The van der Waals surface area contributed by atoms with Crippen molar-refractivity contribution in [1.82, 2.24) is 15.3 Å². The minimum absolute atomic E-state index is 0.227. The van der Waals surface area contributed by atoms with E-state index in [1.54, 1.807) is 0 Å². The highest BCUT2D eigenvalue weighted by atomic mass is 15.0. The van der Waals surface area contributed by atoms with E-state index in [0.717, 1.165) is 13.0 Å². The number of nitrogens with zero attached hydrogens (tertiary/aromatic N) is 1. The number of nitrogens with one attached hydrogen (secondary N) is 2. The lowest BCUT2D eigenvalue weighted by molar-refractivity contribution is 0.559. The average molecular weight is 249 g/mol. The summed E-state index contributed by atoms with van der Waals surface area (Å²) in [6.07, 6.45) is 4.84. The molecule has 2 aromatic heterocycles. The lowest BCUT2D eigenvalue weighted by Crippen LogP contribution is -2.30. The van der Waals surface area contributed by atoms with Crippen molar-refractivity contribution >= 4 is 10.9 Å². The Morgan fingerprint density at radius 1 is 1.11 bits per heavy atom. The molecule has 0 saturated heterocycles. The monoisotopic (exact) mass is 249 g/mol. The van der Waals surface area contributed by atoms with Gasteiger partial charge in [-0.3, -0.25) is 4.98 Å². The number of H-pyrrole nitrogens is 1. The second-order valence-electron chi connectivity index (χ2n) is 4.99. The summed E-state index contributed by atoms with van der Waals surface area (Å²) in [5.41, 5.74) is 5.18. The van der Waals surface area contributed by atoms with Crippen LogP contribution in [0.5, 0.6) is 0 Å². The normalized spacial score (nSPS) is 18.4. The number of hydrogen-bond acceptors (Lipinski definition) is 2. The lowest BCUT2D eigenvalue weighted by Gasteiger charge is -2.24. The van der Waals surface area contributed by atoms with Crippen LogP contribution in [-0.4, -0.2) is 16.5 Å². The van der Waals surface area contributed by atoms with E-state index in [1.807, 2.05) is 18.5 Å². The number of aromatic amines is 1. The van der Waals surface area contributed by atoms with Crippen LogP contribution in [0.1, 0.15) is 22.9 Å². The van der Waals surface area contributed by atoms with Gasteiger partial charge < -0.3 is 10.3 Å². The summed E-state index contributed by atoms with van der Waals surface area (Å²) in [7, 11) is 0. The Morgan fingerprint density at radius 2 is 2.05 bits per heavy atom. The van der Waals surface area contributed by atoms with Crippen molar-refractivity contribution in [2.24, 2.45) is 0 Å². The van der Waals surface area contributed by atoms with E-state index in [2.05, 4.69) is 45.6 Å². The van der Waals surface area contributed by atoms with Crippen molar-refractivity contribution in [3.63, 3.8) is 0 Å². The van der Waals surface area contributed by atoms with Crippen molar-refractivity contribution in [3.05, 3.63) is 65.6 Å². The summed E-state index contributed by atoms with van der Waals surface area (Å²) >= 11 is 0. The highest BCUT2D eigenvalue weighted by Crippen LogP contribution is 2.32. The maximum Gasteiger partial charge on any atom is 0.0747 e. The Labute approximate surface area is 111 Å². The Bertz CT molecular complexity index is 715. The molecule has 19 heavy (non-hydrogen) atoms. The first-order valence-corrected chi connectivity index (χ1v) is 6.66. The molecule has 0 radical (unpaired) electrons. The molecule has 1 aliphatic heterocycles. The van der Waals surface area contributed by atoms with E-state index < -0.39 is 0 Å². The Morgan fingerprint density at radius 3 is 2.95 bits per heavy atom. The zero-order chi connectivity index (χ0) is 12.7. The van der Waals surface area contributed by atoms with Gasteiger partial charge in [0.25, 0.3) is 0 Å². The number of fused-ring (bicyclic) bond motifs is 3. The second-order valence-corrected chi connectivity index (χ2v) is 4.99. The fourth-order valence-corrected chi connectivity index (χ4v) is 3.01. The minimum Gasteiger partial charge on any atom is -0.357 e. The maximum atomic E-state index is 4.23. The number of rotatable bonds is 1. The van der Waals surface area contributed by atoms with Crippen LogP contribution in [0.15, 0.2) is 48.8 Å². The highest BCUT2D eigenvalue weighted by molar-refractivity contribution is 5.85. The quantitative estimate of drug-likeness (QED) is 0.696. The molecule has 1 atom stereocenters. The summed E-state index contributed by atoms with van der Waals surface area (Å²) in [6, 6.07) is 12.9. The van der Waals surface area contributed by atoms with Gasteiger partial charge in [-0.05, 0) is 29.7 Å². The molecular weight excluding hydrogens is 234 g/mol. The third kappa shape index (κ3) is 1.66. The van der Waals surface area contributed by atoms with Gasteiger partial charge in [0, 0.05) is 35.5 Å². The molecule has 0 bridgehead atoms. The Balaban J connectivity index is 1.91. The van der Waals surface area contributed by atoms with Gasteiger partial charge in [0.2, 0.25) is 0 Å². The van der Waals surface area contributed by atoms with Gasteiger partial charge >= 0.3 is 0 Å². The van der Waals surface area contributed by atoms with E-state index in [1.165, 1.54) is 27.7 Å². The first kappa shape index (κ1) is 10.8. The molecule has 1 aromatic carbocycles. The van der Waals surface area contributed by atoms with Crippen LogP contribution >= 0.6 is 0 Å². The third-order valence-corrected chi connectivity index (χ3v) is 3.88. The summed E-state index contributed by atoms with van der Waals surface area (Å²) < 4.78 is 0. The molecule has 0 spiro atoms. The molecule has 4 rings (SSSR count). The van der Waals surface area contributed by atoms with E-state index in [9.17, 15) is 0 Å². The van der Waals surface area contributed by atoms with E-state index in [4.69, 9.17) is 0 Å². The van der Waals surface area contributed by atoms with E-state index >= 15 is 0 Å². The van der Waals surface area contributed by atoms with Crippen LogP contribution in [0.3, 0.4) is 0 Å². The van der Waals surface area contributed by atoms with Crippen LogP contribution < -0.4 is 5.32 Å². The number of para-hydroxylation sites is 1. The lowest BCUT2D eigenvalue weighted by atomic mass is 9.95. The van der Waals surface area contributed by atoms with Crippen LogP contribution in [-0.2, 0) is 6.42 Å². The van der Waals surface area contributed by atoms with E-state index in [-0.39, 0.29) is 6.04 Å². The molecule has 3 heterocycles. The molecule has 2 N–H and O–H groups in total. The van der Waals surface area contributed by atoms with Gasteiger partial charge in [0.15, 0.2) is 0 Å². The first-order chi connectivity index (χ1) is 9.43. The summed E-state index contributed by atoms with van der Waals surface area (Å²) in [5.74, 6) is 0. The third-order valence-electron chi connectivity index (χ3n) is 3.88. The molecule has 0 aliphatic carbocycles. The van der Waals surface area contributed by atoms with Crippen LogP contribution in [0.25, 0.3) is 10.9 Å². The van der Waals surface area contributed by atoms with Gasteiger partial charge in [-0.2, -0.15) is 0 Å². The standard InChI is InChI=1S/C16H15N3/c1-2-6-14-12(5-1)13-7-9-18-15(16(13)19-14)11-4-3-8-17-10-11/h1-6,8,10,15,18-19H,7,9H2/t15-/m0/s1. The summed E-state index contributed by atoms with van der Waals surface area (Å²) in [6.45, 7) is 1.01. The fourth-order valence-electron chi connectivity index (χ4n) is 3.01. The van der Waals surface area contributed by atoms with Gasteiger partial charge in [0.05, 0.1) is 6.04 Å². The molecule has 0 amide bonds. The highest BCUT2D eigenvalue weighted by Gasteiger charge is 2.24. The van der Waals surface area contributed by atoms with Crippen LogP contribution in [0.4, 0.5) is 0 Å². The van der Waals surface area contributed by atoms with Crippen molar-refractivity contribution < 1.29 is 0 Å². The topological polar surface area (TPSA) is 40.7 Å². The van der Waals surface area contributed by atoms with Gasteiger partial charge in [-0.15, -0.1) is 0 Å². The van der Waals surface area contributed by atoms with E-state index in [0.29, 0.717) is 0 Å². The van der Waals surface area contributed by atoms with Gasteiger partial charge in [-0.25, -0.2) is 0 Å². The molecule has 3 heteroatoms. The van der Waals surface area contributed by atoms with Crippen molar-refractivity contribution in [2.75, 3.05) is 6.54 Å². The maximum absolute atomic E-state index is 4.23. The zero-order valence-corrected chi connectivity index (χ0v) is 10.6. The smallest absolute Gasteiger partial charge is 0.0747 e. The second kappa shape index (κ2) is 4.21. The molecule has 0 unspecified atom stereocenters.